The summed E-state index contributed by atoms with van der Waals surface area (Å²) in [5.74, 6) is 0. The molecule has 0 radical (unpaired) electrons. The SMILES string of the molecule is OC(Cc1cncc(Br)c1)c1ccnc2ccccc12. The number of aliphatic hydroxyl groups is 1. The number of benzene rings is 1. The van der Waals surface area contributed by atoms with Gasteiger partial charge in [-0.3, -0.25) is 9.97 Å². The maximum atomic E-state index is 10.5. The van der Waals surface area contributed by atoms with Crippen molar-refractivity contribution in [2.45, 2.75) is 12.5 Å². The van der Waals surface area contributed by atoms with Crippen LogP contribution in [0.5, 0.6) is 0 Å². The van der Waals surface area contributed by atoms with E-state index in [0.29, 0.717) is 6.42 Å². The largest absolute Gasteiger partial charge is 0.388 e. The van der Waals surface area contributed by atoms with Crippen molar-refractivity contribution < 1.29 is 5.11 Å². The lowest BCUT2D eigenvalue weighted by atomic mass is 9.99. The highest BCUT2D eigenvalue weighted by molar-refractivity contribution is 9.10. The number of aliphatic hydroxyl groups excluding tert-OH is 1. The van der Waals surface area contributed by atoms with Crippen molar-refractivity contribution in [2.75, 3.05) is 0 Å². The van der Waals surface area contributed by atoms with Gasteiger partial charge in [0.25, 0.3) is 0 Å². The van der Waals surface area contributed by atoms with Crippen molar-refractivity contribution in [1.29, 1.82) is 0 Å². The molecule has 2 aromatic heterocycles. The summed E-state index contributed by atoms with van der Waals surface area (Å²) in [6.07, 6.45) is 5.20. The van der Waals surface area contributed by atoms with Crippen LogP contribution >= 0.6 is 15.9 Å². The Balaban J connectivity index is 1.94. The lowest BCUT2D eigenvalue weighted by Gasteiger charge is -2.13. The fraction of sp³-hybridized carbons (Fsp3) is 0.125. The number of aromatic nitrogens is 2. The molecule has 1 unspecified atom stereocenters. The standard InChI is InChI=1S/C16H13BrN2O/c17-12-7-11(9-18-10-12)8-16(20)14-5-6-19-15-4-2-1-3-13(14)15/h1-7,9-10,16,20H,8H2. The number of para-hydroxylation sites is 1. The van der Waals surface area contributed by atoms with E-state index in [1.54, 1.807) is 18.6 Å². The Labute approximate surface area is 125 Å². The third kappa shape index (κ3) is 2.71. The fourth-order valence-corrected chi connectivity index (χ4v) is 2.72. The zero-order valence-electron chi connectivity index (χ0n) is 10.7. The van der Waals surface area contributed by atoms with E-state index in [1.807, 2.05) is 36.4 Å². The van der Waals surface area contributed by atoms with Gasteiger partial charge in [-0.15, -0.1) is 0 Å². The van der Waals surface area contributed by atoms with Gasteiger partial charge in [0.1, 0.15) is 0 Å². The Morgan fingerprint density at radius 3 is 2.85 bits per heavy atom. The molecule has 1 aromatic carbocycles. The summed E-state index contributed by atoms with van der Waals surface area (Å²) >= 11 is 3.39. The quantitative estimate of drug-likeness (QED) is 0.797. The lowest BCUT2D eigenvalue weighted by Crippen LogP contribution is -2.03. The molecule has 3 aromatic rings. The van der Waals surface area contributed by atoms with Crippen molar-refractivity contribution >= 4 is 26.8 Å². The summed E-state index contributed by atoms with van der Waals surface area (Å²) in [5, 5.41) is 11.5. The van der Waals surface area contributed by atoms with E-state index in [4.69, 9.17) is 0 Å². The molecule has 0 bridgehead atoms. The molecule has 0 aliphatic heterocycles. The zero-order valence-corrected chi connectivity index (χ0v) is 12.3. The van der Waals surface area contributed by atoms with Gasteiger partial charge in [-0.25, -0.2) is 0 Å². The van der Waals surface area contributed by atoms with Crippen LogP contribution < -0.4 is 0 Å². The first kappa shape index (κ1) is 13.2. The van der Waals surface area contributed by atoms with Crippen LogP contribution in [0.2, 0.25) is 0 Å². The van der Waals surface area contributed by atoms with Crippen LogP contribution in [-0.4, -0.2) is 15.1 Å². The van der Waals surface area contributed by atoms with Crippen molar-refractivity contribution in [1.82, 2.24) is 9.97 Å². The molecule has 2 heterocycles. The molecular weight excluding hydrogens is 316 g/mol. The van der Waals surface area contributed by atoms with Crippen LogP contribution in [0.1, 0.15) is 17.2 Å². The molecule has 0 spiro atoms. The van der Waals surface area contributed by atoms with Gasteiger partial charge in [-0.1, -0.05) is 18.2 Å². The number of halogens is 1. The Morgan fingerprint density at radius 1 is 1.15 bits per heavy atom. The van der Waals surface area contributed by atoms with E-state index in [0.717, 1.165) is 26.5 Å². The number of rotatable bonds is 3. The summed E-state index contributed by atoms with van der Waals surface area (Å²) < 4.78 is 0.918. The second-order valence-electron chi connectivity index (χ2n) is 4.65. The molecule has 0 saturated heterocycles. The maximum absolute atomic E-state index is 10.5. The Bertz CT molecular complexity index is 740. The van der Waals surface area contributed by atoms with E-state index < -0.39 is 6.10 Å². The van der Waals surface area contributed by atoms with E-state index in [2.05, 4.69) is 25.9 Å². The third-order valence-electron chi connectivity index (χ3n) is 3.23. The summed E-state index contributed by atoms with van der Waals surface area (Å²) in [5.41, 5.74) is 2.79. The second-order valence-corrected chi connectivity index (χ2v) is 5.56. The fourth-order valence-electron chi connectivity index (χ4n) is 2.31. The average molecular weight is 329 g/mol. The lowest BCUT2D eigenvalue weighted by molar-refractivity contribution is 0.180. The molecule has 0 saturated carbocycles. The van der Waals surface area contributed by atoms with Gasteiger partial charge < -0.3 is 5.11 Å². The molecule has 0 amide bonds. The monoisotopic (exact) mass is 328 g/mol. The van der Waals surface area contributed by atoms with Gasteiger partial charge in [-0.2, -0.15) is 0 Å². The molecule has 0 aliphatic rings. The first-order valence-corrected chi connectivity index (χ1v) is 7.14. The number of pyridine rings is 2. The molecular formula is C16H13BrN2O. The van der Waals surface area contributed by atoms with Gasteiger partial charge in [0.15, 0.2) is 0 Å². The Hall–Kier alpha value is -1.78. The van der Waals surface area contributed by atoms with E-state index in [9.17, 15) is 5.11 Å². The summed E-state index contributed by atoms with van der Waals surface area (Å²) in [6.45, 7) is 0. The van der Waals surface area contributed by atoms with Crippen LogP contribution in [0.3, 0.4) is 0 Å². The smallest absolute Gasteiger partial charge is 0.0838 e. The second kappa shape index (κ2) is 5.69. The van der Waals surface area contributed by atoms with Crippen molar-refractivity contribution in [3.8, 4) is 0 Å². The minimum absolute atomic E-state index is 0.528. The number of hydrogen-bond acceptors (Lipinski definition) is 3. The van der Waals surface area contributed by atoms with Crippen LogP contribution in [0.25, 0.3) is 10.9 Å². The number of fused-ring (bicyclic) bond motifs is 1. The Morgan fingerprint density at radius 2 is 2.00 bits per heavy atom. The molecule has 1 N–H and O–H groups in total. The predicted octanol–water partition coefficient (Wildman–Crippen LogP) is 3.67. The number of nitrogens with zero attached hydrogens (tertiary/aromatic N) is 2. The van der Waals surface area contributed by atoms with Crippen LogP contribution in [0.15, 0.2) is 59.5 Å². The normalized spacial score (nSPS) is 12.5. The van der Waals surface area contributed by atoms with Gasteiger partial charge >= 0.3 is 0 Å². The molecule has 0 fully saturated rings. The van der Waals surface area contributed by atoms with Gasteiger partial charge in [-0.05, 0) is 45.3 Å². The van der Waals surface area contributed by atoms with Crippen molar-refractivity contribution in [3.63, 3.8) is 0 Å². The van der Waals surface area contributed by atoms with Crippen molar-refractivity contribution in [2.24, 2.45) is 0 Å². The van der Waals surface area contributed by atoms with Crippen LogP contribution in [0.4, 0.5) is 0 Å². The highest BCUT2D eigenvalue weighted by atomic mass is 79.9. The summed E-state index contributed by atoms with van der Waals surface area (Å²) in [4.78, 5) is 8.44. The molecule has 20 heavy (non-hydrogen) atoms. The molecule has 3 rings (SSSR count). The molecule has 0 aliphatic carbocycles. The summed E-state index contributed by atoms with van der Waals surface area (Å²) in [6, 6.07) is 11.7. The first-order chi connectivity index (χ1) is 9.74. The van der Waals surface area contributed by atoms with E-state index >= 15 is 0 Å². The average Bonchev–Trinajstić information content (AvgIpc) is 2.46. The van der Waals surface area contributed by atoms with Gasteiger partial charge in [0.05, 0.1) is 11.6 Å². The van der Waals surface area contributed by atoms with E-state index in [1.165, 1.54) is 0 Å². The molecule has 4 heteroatoms. The predicted molar refractivity (Wildman–Crippen MR) is 82.3 cm³/mol. The minimum Gasteiger partial charge on any atom is -0.388 e. The highest BCUT2D eigenvalue weighted by Crippen LogP contribution is 2.25. The third-order valence-corrected chi connectivity index (χ3v) is 3.67. The minimum atomic E-state index is -0.570. The number of hydrogen-bond donors (Lipinski definition) is 1. The molecule has 100 valence electrons. The van der Waals surface area contributed by atoms with Crippen molar-refractivity contribution in [3.05, 3.63) is 70.6 Å². The van der Waals surface area contributed by atoms with Crippen LogP contribution in [0, 0.1) is 0 Å². The first-order valence-electron chi connectivity index (χ1n) is 6.35. The maximum Gasteiger partial charge on any atom is 0.0838 e. The van der Waals surface area contributed by atoms with Crippen LogP contribution in [-0.2, 0) is 6.42 Å². The molecule has 1 atom stereocenters. The zero-order chi connectivity index (χ0) is 13.9. The van der Waals surface area contributed by atoms with E-state index in [-0.39, 0.29) is 0 Å². The highest BCUT2D eigenvalue weighted by Gasteiger charge is 2.12. The Kier molecular flexibility index (Phi) is 3.76. The molecule has 3 nitrogen and oxygen atoms in total. The van der Waals surface area contributed by atoms with Gasteiger partial charge in [0, 0.05) is 34.9 Å². The topological polar surface area (TPSA) is 46.0 Å². The summed E-state index contributed by atoms with van der Waals surface area (Å²) in [7, 11) is 0. The van der Waals surface area contributed by atoms with Gasteiger partial charge in [0.2, 0.25) is 0 Å².